The predicted molar refractivity (Wildman–Crippen MR) is 136 cm³/mol. The summed E-state index contributed by atoms with van der Waals surface area (Å²) in [4.78, 5) is 53.5. The summed E-state index contributed by atoms with van der Waals surface area (Å²) < 4.78 is 10.1. The summed E-state index contributed by atoms with van der Waals surface area (Å²) in [6.07, 6.45) is 0.0330. The van der Waals surface area contributed by atoms with Crippen LogP contribution in [0.4, 0.5) is 4.79 Å². The highest BCUT2D eigenvalue weighted by Gasteiger charge is 2.48. The zero-order valence-electron chi connectivity index (χ0n) is 22.9. The molecule has 1 aromatic rings. The van der Waals surface area contributed by atoms with Crippen LogP contribution in [0.2, 0.25) is 0 Å². The molecule has 4 atom stereocenters. The number of ether oxygens (including phenoxy) is 2. The highest BCUT2D eigenvalue weighted by Crippen LogP contribution is 2.41. The van der Waals surface area contributed by atoms with Gasteiger partial charge < -0.3 is 25.0 Å². The number of amides is 3. The highest BCUT2D eigenvalue weighted by atomic mass is 16.6. The van der Waals surface area contributed by atoms with Gasteiger partial charge in [-0.25, -0.2) is 4.79 Å². The molecular formula is C27H41N3O6. The number of rotatable bonds is 9. The number of hydrogen-bond acceptors (Lipinski definition) is 6. The first kappa shape index (κ1) is 29.1. The lowest BCUT2D eigenvalue weighted by molar-refractivity contribution is -0.146. The van der Waals surface area contributed by atoms with E-state index in [2.05, 4.69) is 15.4 Å². The minimum atomic E-state index is -0.989. The van der Waals surface area contributed by atoms with E-state index in [1.54, 1.807) is 25.7 Å². The molecule has 1 aromatic carbocycles. The van der Waals surface area contributed by atoms with E-state index in [1.165, 1.54) is 7.11 Å². The minimum Gasteiger partial charge on any atom is -0.468 e. The van der Waals surface area contributed by atoms with Crippen molar-refractivity contribution in [1.82, 2.24) is 15.5 Å². The van der Waals surface area contributed by atoms with Crippen LogP contribution in [0.1, 0.15) is 70.7 Å². The van der Waals surface area contributed by atoms with Gasteiger partial charge in [0.05, 0.1) is 7.11 Å². The van der Waals surface area contributed by atoms with Gasteiger partial charge in [-0.2, -0.15) is 0 Å². The van der Waals surface area contributed by atoms with Crippen LogP contribution in [-0.2, 0) is 23.9 Å². The molecule has 0 spiro atoms. The van der Waals surface area contributed by atoms with Crippen LogP contribution in [0.5, 0.6) is 0 Å². The quantitative estimate of drug-likeness (QED) is 0.499. The van der Waals surface area contributed by atoms with Gasteiger partial charge in [0.2, 0.25) is 11.8 Å². The molecule has 1 saturated carbocycles. The molecule has 3 amide bonds. The molecule has 0 radical (unpaired) electrons. The maximum Gasteiger partial charge on any atom is 0.408 e. The maximum absolute atomic E-state index is 14.1. The zero-order chi connectivity index (χ0) is 27.4. The van der Waals surface area contributed by atoms with Gasteiger partial charge >= 0.3 is 12.1 Å². The van der Waals surface area contributed by atoms with E-state index < -0.39 is 35.7 Å². The fraction of sp³-hybridized carbons (Fsp3) is 0.630. The van der Waals surface area contributed by atoms with Crippen molar-refractivity contribution in [2.45, 2.75) is 85.5 Å². The molecule has 200 valence electrons. The van der Waals surface area contributed by atoms with Gasteiger partial charge in [-0.15, -0.1) is 0 Å². The van der Waals surface area contributed by atoms with E-state index in [1.807, 2.05) is 52.8 Å². The SMILES string of the molecule is COC(=O)CNC(=O)C(c1cc(C)cc(C)c1)N(C(=O)C(NC(=O)OC(C)(C)C)C(C)C)C1CC1C. The minimum absolute atomic E-state index is 0.185. The Bertz CT molecular complexity index is 964. The molecule has 1 aliphatic rings. The third-order valence-electron chi connectivity index (χ3n) is 6.00. The van der Waals surface area contributed by atoms with Crippen LogP contribution in [0.3, 0.4) is 0 Å². The van der Waals surface area contributed by atoms with E-state index in [0.717, 1.165) is 17.5 Å². The lowest BCUT2D eigenvalue weighted by Crippen LogP contribution is -2.56. The van der Waals surface area contributed by atoms with Gasteiger partial charge in [0.15, 0.2) is 0 Å². The van der Waals surface area contributed by atoms with Gasteiger partial charge in [0.1, 0.15) is 24.2 Å². The van der Waals surface area contributed by atoms with Gasteiger partial charge in [0.25, 0.3) is 0 Å². The number of carbonyl (C=O) groups is 4. The van der Waals surface area contributed by atoms with E-state index in [9.17, 15) is 19.2 Å². The van der Waals surface area contributed by atoms with E-state index >= 15 is 0 Å². The lowest BCUT2D eigenvalue weighted by atomic mass is 9.96. The third kappa shape index (κ3) is 7.96. The summed E-state index contributed by atoms with van der Waals surface area (Å²) in [7, 11) is 1.24. The number of nitrogens with zero attached hydrogens (tertiary/aromatic N) is 1. The molecule has 4 unspecified atom stereocenters. The molecule has 9 nitrogen and oxygen atoms in total. The van der Waals surface area contributed by atoms with Crippen molar-refractivity contribution in [3.05, 3.63) is 34.9 Å². The first-order chi connectivity index (χ1) is 16.6. The number of alkyl carbamates (subject to hydrolysis) is 1. The molecule has 0 heterocycles. The van der Waals surface area contributed by atoms with Crippen LogP contribution in [-0.4, -0.2) is 60.1 Å². The number of carbonyl (C=O) groups excluding carboxylic acids is 4. The van der Waals surface area contributed by atoms with Gasteiger partial charge in [0, 0.05) is 6.04 Å². The van der Waals surface area contributed by atoms with Gasteiger partial charge in [-0.1, -0.05) is 50.1 Å². The molecule has 36 heavy (non-hydrogen) atoms. The molecule has 2 rings (SSSR count). The standard InChI is InChI=1S/C27H41N3O6/c1-15(2)22(29-26(34)36-27(6,7)8)25(33)30(20-13-18(20)5)23(24(32)28-14-21(31)35-9)19-11-16(3)10-17(4)12-19/h10-12,15,18,20,22-23H,13-14H2,1-9H3,(H,28,32)(H,29,34). The third-order valence-corrected chi connectivity index (χ3v) is 6.00. The summed E-state index contributed by atoms with van der Waals surface area (Å²) in [5.41, 5.74) is 1.80. The monoisotopic (exact) mass is 503 g/mol. The fourth-order valence-corrected chi connectivity index (χ4v) is 4.22. The molecule has 9 heteroatoms. The average molecular weight is 504 g/mol. The molecular weight excluding hydrogens is 462 g/mol. The molecule has 0 saturated heterocycles. The molecule has 1 aliphatic carbocycles. The van der Waals surface area contributed by atoms with E-state index in [-0.39, 0.29) is 30.3 Å². The van der Waals surface area contributed by atoms with Crippen molar-refractivity contribution in [3.8, 4) is 0 Å². The average Bonchev–Trinajstić information content (AvgIpc) is 3.46. The Hall–Kier alpha value is -3.10. The Labute approximate surface area is 214 Å². The predicted octanol–water partition coefficient (Wildman–Crippen LogP) is 3.42. The Morgan fingerprint density at radius 1 is 1.08 bits per heavy atom. The van der Waals surface area contributed by atoms with Crippen molar-refractivity contribution < 1.29 is 28.7 Å². The Kier molecular flexibility index (Phi) is 9.51. The lowest BCUT2D eigenvalue weighted by Gasteiger charge is -2.36. The van der Waals surface area contributed by atoms with Crippen molar-refractivity contribution in [3.63, 3.8) is 0 Å². The fourth-order valence-electron chi connectivity index (χ4n) is 4.22. The summed E-state index contributed by atoms with van der Waals surface area (Å²) in [6.45, 7) is 14.5. The van der Waals surface area contributed by atoms with E-state index in [0.29, 0.717) is 5.56 Å². The van der Waals surface area contributed by atoms with Crippen LogP contribution >= 0.6 is 0 Å². The number of hydrogen-bond donors (Lipinski definition) is 2. The second-order valence-corrected chi connectivity index (χ2v) is 11.0. The summed E-state index contributed by atoms with van der Waals surface area (Å²) >= 11 is 0. The number of aryl methyl sites for hydroxylation is 2. The number of esters is 1. The molecule has 1 fully saturated rings. The van der Waals surface area contributed by atoms with Crippen molar-refractivity contribution in [2.75, 3.05) is 13.7 Å². The van der Waals surface area contributed by atoms with Crippen LogP contribution in [0.15, 0.2) is 18.2 Å². The molecule has 0 bridgehead atoms. The zero-order valence-corrected chi connectivity index (χ0v) is 22.9. The Morgan fingerprint density at radius 3 is 2.08 bits per heavy atom. The van der Waals surface area contributed by atoms with E-state index in [4.69, 9.17) is 4.74 Å². The van der Waals surface area contributed by atoms with Gasteiger partial charge in [-0.3, -0.25) is 14.4 Å². The smallest absolute Gasteiger partial charge is 0.408 e. The largest absolute Gasteiger partial charge is 0.468 e. The number of nitrogens with one attached hydrogen (secondary N) is 2. The normalized spacial score (nSPS) is 18.6. The Morgan fingerprint density at radius 2 is 1.64 bits per heavy atom. The maximum atomic E-state index is 14.1. The second kappa shape index (κ2) is 11.8. The summed E-state index contributed by atoms with van der Waals surface area (Å²) in [6, 6.07) is 3.64. The molecule has 0 aromatic heterocycles. The van der Waals surface area contributed by atoms with Crippen molar-refractivity contribution in [2.24, 2.45) is 11.8 Å². The first-order valence-electron chi connectivity index (χ1n) is 12.4. The summed E-state index contributed by atoms with van der Waals surface area (Å²) in [5.74, 6) is -1.53. The highest BCUT2D eigenvalue weighted by molar-refractivity contribution is 5.93. The number of benzene rings is 1. The topological polar surface area (TPSA) is 114 Å². The van der Waals surface area contributed by atoms with Gasteiger partial charge in [-0.05, 0) is 58.4 Å². The van der Waals surface area contributed by atoms with Crippen LogP contribution < -0.4 is 10.6 Å². The Balaban J connectivity index is 2.51. The summed E-state index contributed by atoms with van der Waals surface area (Å²) in [5, 5.41) is 5.34. The number of methoxy groups -OCH3 is 1. The molecule has 2 N–H and O–H groups in total. The van der Waals surface area contributed by atoms with Crippen molar-refractivity contribution >= 4 is 23.9 Å². The van der Waals surface area contributed by atoms with Crippen molar-refractivity contribution in [1.29, 1.82) is 0 Å². The molecule has 0 aliphatic heterocycles. The second-order valence-electron chi connectivity index (χ2n) is 11.0. The first-order valence-corrected chi connectivity index (χ1v) is 12.4. The van der Waals surface area contributed by atoms with Crippen LogP contribution in [0, 0.1) is 25.7 Å². The van der Waals surface area contributed by atoms with Crippen LogP contribution in [0.25, 0.3) is 0 Å².